The molecule has 0 N–H and O–H groups in total. The Morgan fingerprint density at radius 1 is 1.44 bits per heavy atom. The van der Waals surface area contributed by atoms with Crippen LogP contribution in [0.4, 0.5) is 5.69 Å². The highest BCUT2D eigenvalue weighted by Gasteiger charge is 2.25. The molecule has 1 saturated heterocycles. The average molecular weight is 373 g/mol. The molecule has 2 heterocycles. The van der Waals surface area contributed by atoms with Crippen LogP contribution in [0.15, 0.2) is 30.9 Å². The van der Waals surface area contributed by atoms with Gasteiger partial charge in [0.05, 0.1) is 11.0 Å². The van der Waals surface area contributed by atoms with Crippen LogP contribution in [0.1, 0.15) is 43.0 Å². The van der Waals surface area contributed by atoms with Gasteiger partial charge in [0.2, 0.25) is 0 Å². The zero-order valence-corrected chi connectivity index (χ0v) is 15.3. The van der Waals surface area contributed by atoms with E-state index >= 15 is 0 Å². The second-order valence-corrected chi connectivity index (χ2v) is 6.54. The van der Waals surface area contributed by atoms with Crippen molar-refractivity contribution >= 4 is 11.6 Å². The highest BCUT2D eigenvalue weighted by molar-refractivity contribution is 5.95. The topological polar surface area (TPSA) is 103 Å². The average Bonchev–Trinajstić information content (AvgIpc) is 3.22. The SMILES string of the molecule is CCCN(C[C@@H]1CCCCO1)C(=O)c1ccc(-n2cncn2)c([N+](=O)[O-])c1. The van der Waals surface area contributed by atoms with Crippen LogP contribution in [-0.2, 0) is 4.74 Å². The lowest BCUT2D eigenvalue weighted by Crippen LogP contribution is -2.40. The Balaban J connectivity index is 1.85. The number of carbonyl (C=O) groups excluding carboxylic acids is 1. The maximum absolute atomic E-state index is 13.0. The summed E-state index contributed by atoms with van der Waals surface area (Å²) in [7, 11) is 0. The maximum Gasteiger partial charge on any atom is 0.295 e. The fourth-order valence-electron chi connectivity index (χ4n) is 3.25. The van der Waals surface area contributed by atoms with E-state index in [1.807, 2.05) is 6.92 Å². The largest absolute Gasteiger partial charge is 0.376 e. The molecule has 9 heteroatoms. The minimum Gasteiger partial charge on any atom is -0.376 e. The molecular weight excluding hydrogens is 350 g/mol. The van der Waals surface area contributed by atoms with Gasteiger partial charge in [0.1, 0.15) is 18.3 Å². The van der Waals surface area contributed by atoms with Crippen molar-refractivity contribution in [3.05, 3.63) is 46.5 Å². The molecule has 1 aliphatic rings. The van der Waals surface area contributed by atoms with E-state index in [1.165, 1.54) is 29.5 Å². The summed E-state index contributed by atoms with van der Waals surface area (Å²) in [5, 5.41) is 15.4. The maximum atomic E-state index is 13.0. The lowest BCUT2D eigenvalue weighted by molar-refractivity contribution is -0.384. The Kier molecular flexibility index (Phi) is 6.12. The first kappa shape index (κ1) is 19.0. The molecule has 1 aromatic carbocycles. The molecule has 0 radical (unpaired) electrons. The molecule has 0 unspecified atom stereocenters. The first-order chi connectivity index (χ1) is 13.1. The van der Waals surface area contributed by atoms with E-state index in [-0.39, 0.29) is 28.9 Å². The highest BCUT2D eigenvalue weighted by atomic mass is 16.6. The van der Waals surface area contributed by atoms with Crippen molar-refractivity contribution in [3.8, 4) is 5.69 Å². The van der Waals surface area contributed by atoms with E-state index < -0.39 is 4.92 Å². The fourth-order valence-corrected chi connectivity index (χ4v) is 3.25. The molecule has 1 fully saturated rings. The van der Waals surface area contributed by atoms with E-state index in [2.05, 4.69) is 10.1 Å². The number of aromatic nitrogens is 3. The zero-order chi connectivity index (χ0) is 19.2. The van der Waals surface area contributed by atoms with Crippen LogP contribution in [-0.4, -0.2) is 56.3 Å². The minimum atomic E-state index is -0.512. The number of hydrogen-bond donors (Lipinski definition) is 0. The molecule has 1 aromatic heterocycles. The fraction of sp³-hybridized carbons (Fsp3) is 0.500. The predicted molar refractivity (Wildman–Crippen MR) is 97.8 cm³/mol. The van der Waals surface area contributed by atoms with Crippen LogP contribution >= 0.6 is 0 Å². The number of benzene rings is 1. The van der Waals surface area contributed by atoms with Gasteiger partial charge in [-0.05, 0) is 37.8 Å². The molecule has 1 aliphatic heterocycles. The van der Waals surface area contributed by atoms with Gasteiger partial charge >= 0.3 is 0 Å². The van der Waals surface area contributed by atoms with Gasteiger partial charge in [-0.2, -0.15) is 5.10 Å². The summed E-state index contributed by atoms with van der Waals surface area (Å²) >= 11 is 0. The summed E-state index contributed by atoms with van der Waals surface area (Å²) in [6, 6.07) is 4.43. The van der Waals surface area contributed by atoms with Crippen molar-refractivity contribution in [3.63, 3.8) is 0 Å². The number of ether oxygens (including phenoxy) is 1. The Hall–Kier alpha value is -2.81. The van der Waals surface area contributed by atoms with Gasteiger partial charge in [0.25, 0.3) is 11.6 Å². The van der Waals surface area contributed by atoms with Gasteiger partial charge in [-0.15, -0.1) is 0 Å². The van der Waals surface area contributed by atoms with Crippen LogP contribution in [0, 0.1) is 10.1 Å². The van der Waals surface area contributed by atoms with E-state index in [0.717, 1.165) is 32.3 Å². The van der Waals surface area contributed by atoms with E-state index in [9.17, 15) is 14.9 Å². The summed E-state index contributed by atoms with van der Waals surface area (Å²) in [6.07, 6.45) is 6.59. The normalized spacial score (nSPS) is 16.9. The Bertz CT molecular complexity index is 787. The number of rotatable bonds is 7. The summed E-state index contributed by atoms with van der Waals surface area (Å²) < 4.78 is 7.06. The molecule has 1 atom stereocenters. The molecule has 27 heavy (non-hydrogen) atoms. The van der Waals surface area contributed by atoms with Crippen LogP contribution < -0.4 is 0 Å². The molecule has 0 bridgehead atoms. The van der Waals surface area contributed by atoms with Gasteiger partial charge in [0.15, 0.2) is 0 Å². The van der Waals surface area contributed by atoms with Crippen LogP contribution in [0.5, 0.6) is 0 Å². The number of nitrogens with zero attached hydrogens (tertiary/aromatic N) is 5. The third kappa shape index (κ3) is 4.48. The zero-order valence-electron chi connectivity index (χ0n) is 15.3. The number of nitro groups is 1. The Morgan fingerprint density at radius 3 is 2.93 bits per heavy atom. The Labute approximate surface area is 157 Å². The van der Waals surface area contributed by atoms with Crippen molar-refractivity contribution in [2.45, 2.75) is 38.7 Å². The van der Waals surface area contributed by atoms with Gasteiger partial charge in [-0.25, -0.2) is 9.67 Å². The van der Waals surface area contributed by atoms with Gasteiger partial charge in [-0.1, -0.05) is 6.92 Å². The van der Waals surface area contributed by atoms with Crippen molar-refractivity contribution < 1.29 is 14.5 Å². The van der Waals surface area contributed by atoms with Crippen LogP contribution in [0.25, 0.3) is 5.69 Å². The van der Waals surface area contributed by atoms with Crippen molar-refractivity contribution in [1.29, 1.82) is 0 Å². The predicted octanol–water partition coefficient (Wildman–Crippen LogP) is 2.60. The third-order valence-corrected chi connectivity index (χ3v) is 4.56. The molecular formula is C18H23N5O4. The van der Waals surface area contributed by atoms with Crippen LogP contribution in [0.3, 0.4) is 0 Å². The van der Waals surface area contributed by atoms with E-state index in [4.69, 9.17) is 4.74 Å². The lowest BCUT2D eigenvalue weighted by Gasteiger charge is -2.30. The quantitative estimate of drug-likeness (QED) is 0.546. The number of nitro benzene ring substituents is 1. The molecule has 0 aliphatic carbocycles. The smallest absolute Gasteiger partial charge is 0.295 e. The van der Waals surface area contributed by atoms with E-state index in [1.54, 1.807) is 11.0 Å². The number of amides is 1. The second-order valence-electron chi connectivity index (χ2n) is 6.54. The third-order valence-electron chi connectivity index (χ3n) is 4.56. The van der Waals surface area contributed by atoms with E-state index in [0.29, 0.717) is 13.1 Å². The van der Waals surface area contributed by atoms with Crippen molar-refractivity contribution in [1.82, 2.24) is 19.7 Å². The first-order valence-electron chi connectivity index (χ1n) is 9.14. The molecule has 144 valence electrons. The van der Waals surface area contributed by atoms with Gasteiger partial charge in [0, 0.05) is 31.3 Å². The summed E-state index contributed by atoms with van der Waals surface area (Å²) in [4.78, 5) is 29.5. The molecule has 0 saturated carbocycles. The van der Waals surface area contributed by atoms with Gasteiger partial charge < -0.3 is 9.64 Å². The second kappa shape index (κ2) is 8.72. The summed E-state index contributed by atoms with van der Waals surface area (Å²) in [6.45, 7) is 3.80. The van der Waals surface area contributed by atoms with Crippen LogP contribution in [0.2, 0.25) is 0 Å². The first-order valence-corrected chi connectivity index (χ1v) is 9.14. The summed E-state index contributed by atoms with van der Waals surface area (Å²) in [5.74, 6) is -0.223. The minimum absolute atomic E-state index is 0.0265. The molecule has 0 spiro atoms. The summed E-state index contributed by atoms with van der Waals surface area (Å²) in [5.41, 5.74) is 0.373. The van der Waals surface area contributed by atoms with Crippen molar-refractivity contribution in [2.75, 3.05) is 19.7 Å². The van der Waals surface area contributed by atoms with Crippen molar-refractivity contribution in [2.24, 2.45) is 0 Å². The monoisotopic (exact) mass is 373 g/mol. The lowest BCUT2D eigenvalue weighted by atomic mass is 10.1. The van der Waals surface area contributed by atoms with Gasteiger partial charge in [-0.3, -0.25) is 14.9 Å². The molecule has 3 rings (SSSR count). The number of carbonyl (C=O) groups is 1. The molecule has 2 aromatic rings. The molecule has 1 amide bonds. The Morgan fingerprint density at radius 2 is 2.30 bits per heavy atom. The number of hydrogen-bond acceptors (Lipinski definition) is 6. The highest BCUT2D eigenvalue weighted by Crippen LogP contribution is 2.25. The molecule has 9 nitrogen and oxygen atoms in total. The standard InChI is InChI=1S/C18H23N5O4/c1-2-8-21(11-15-5-3-4-9-27-15)18(24)14-6-7-16(17(10-14)23(25)26)22-13-19-12-20-22/h6-7,10,12-13,15H,2-5,8-9,11H2,1H3/t15-/m0/s1.